The molecule has 0 aromatic carbocycles. The minimum atomic E-state index is 0. The SMILES string of the molecule is Cl.O=Cc1cc(OC[C@@H]2CCNC2)cnc1Cl. The number of carbonyl (C=O) groups excluding carboxylic acids is 1. The fourth-order valence-corrected chi connectivity index (χ4v) is 1.83. The lowest BCUT2D eigenvalue weighted by molar-refractivity contribution is 0.112. The van der Waals surface area contributed by atoms with E-state index in [1.54, 1.807) is 6.07 Å². The summed E-state index contributed by atoms with van der Waals surface area (Å²) in [5.41, 5.74) is 0.365. The third-order valence-electron chi connectivity index (χ3n) is 2.62. The Morgan fingerprint density at radius 1 is 1.65 bits per heavy atom. The normalized spacial score (nSPS) is 18.5. The first kappa shape index (κ1) is 14.2. The van der Waals surface area contributed by atoms with E-state index >= 15 is 0 Å². The van der Waals surface area contributed by atoms with Gasteiger partial charge in [-0.2, -0.15) is 0 Å². The van der Waals surface area contributed by atoms with E-state index in [2.05, 4.69) is 10.3 Å². The first-order valence-corrected chi connectivity index (χ1v) is 5.61. The number of nitrogens with zero attached hydrogens (tertiary/aromatic N) is 1. The minimum absolute atomic E-state index is 0. The third-order valence-corrected chi connectivity index (χ3v) is 2.93. The molecule has 1 saturated heterocycles. The first-order chi connectivity index (χ1) is 7.79. The molecule has 1 atom stereocenters. The number of rotatable bonds is 4. The van der Waals surface area contributed by atoms with E-state index in [4.69, 9.17) is 16.3 Å². The smallest absolute Gasteiger partial charge is 0.153 e. The summed E-state index contributed by atoms with van der Waals surface area (Å²) in [5, 5.41) is 3.48. The molecular weight excluding hydrogens is 263 g/mol. The molecule has 0 radical (unpaired) electrons. The molecule has 2 rings (SSSR count). The van der Waals surface area contributed by atoms with Gasteiger partial charge in [0.15, 0.2) is 6.29 Å². The first-order valence-electron chi connectivity index (χ1n) is 5.24. The van der Waals surface area contributed by atoms with Gasteiger partial charge in [-0.05, 0) is 19.0 Å². The third kappa shape index (κ3) is 3.84. The van der Waals surface area contributed by atoms with Crippen LogP contribution < -0.4 is 10.1 Å². The molecular formula is C11H14Cl2N2O2. The van der Waals surface area contributed by atoms with Crippen molar-refractivity contribution in [3.05, 3.63) is 23.0 Å². The summed E-state index contributed by atoms with van der Waals surface area (Å²) < 4.78 is 5.57. The van der Waals surface area contributed by atoms with Gasteiger partial charge >= 0.3 is 0 Å². The zero-order valence-corrected chi connectivity index (χ0v) is 10.8. The van der Waals surface area contributed by atoms with Crippen LogP contribution in [-0.2, 0) is 0 Å². The van der Waals surface area contributed by atoms with Crippen LogP contribution in [0, 0.1) is 5.92 Å². The second-order valence-electron chi connectivity index (χ2n) is 3.84. The summed E-state index contributed by atoms with van der Waals surface area (Å²) in [7, 11) is 0. The van der Waals surface area contributed by atoms with Crippen molar-refractivity contribution < 1.29 is 9.53 Å². The number of hydrogen-bond acceptors (Lipinski definition) is 4. The Morgan fingerprint density at radius 3 is 3.12 bits per heavy atom. The molecule has 1 fully saturated rings. The summed E-state index contributed by atoms with van der Waals surface area (Å²) in [6, 6.07) is 1.62. The number of nitrogens with one attached hydrogen (secondary N) is 1. The van der Waals surface area contributed by atoms with Crippen LogP contribution in [0.15, 0.2) is 12.3 Å². The van der Waals surface area contributed by atoms with Gasteiger partial charge in [0, 0.05) is 12.5 Å². The Labute approximate surface area is 111 Å². The molecule has 1 aliphatic rings. The Bertz CT molecular complexity index is 382. The van der Waals surface area contributed by atoms with Gasteiger partial charge in [0.2, 0.25) is 0 Å². The van der Waals surface area contributed by atoms with E-state index in [0.717, 1.165) is 19.5 Å². The molecule has 17 heavy (non-hydrogen) atoms. The van der Waals surface area contributed by atoms with Gasteiger partial charge in [-0.1, -0.05) is 11.6 Å². The highest BCUT2D eigenvalue weighted by Gasteiger charge is 2.15. The van der Waals surface area contributed by atoms with Crippen LogP contribution in [0.3, 0.4) is 0 Å². The van der Waals surface area contributed by atoms with Gasteiger partial charge in [0.1, 0.15) is 10.9 Å². The average Bonchev–Trinajstić information content (AvgIpc) is 2.81. The average molecular weight is 277 g/mol. The van der Waals surface area contributed by atoms with Crippen LogP contribution in [0.5, 0.6) is 5.75 Å². The van der Waals surface area contributed by atoms with Crippen LogP contribution in [0.25, 0.3) is 0 Å². The van der Waals surface area contributed by atoms with Crippen LogP contribution in [0.4, 0.5) is 0 Å². The number of hydrogen-bond donors (Lipinski definition) is 1. The Hall–Kier alpha value is -0.840. The van der Waals surface area contributed by atoms with Crippen molar-refractivity contribution in [3.63, 3.8) is 0 Å². The van der Waals surface area contributed by atoms with Gasteiger partial charge in [-0.25, -0.2) is 4.98 Å². The minimum Gasteiger partial charge on any atom is -0.492 e. The number of halogens is 2. The molecule has 0 spiro atoms. The highest BCUT2D eigenvalue weighted by Crippen LogP contribution is 2.18. The molecule has 2 heterocycles. The Morgan fingerprint density at radius 2 is 2.47 bits per heavy atom. The summed E-state index contributed by atoms with van der Waals surface area (Å²) in [6.07, 6.45) is 3.35. The van der Waals surface area contributed by atoms with E-state index < -0.39 is 0 Å². The molecule has 1 aliphatic heterocycles. The topological polar surface area (TPSA) is 51.2 Å². The summed E-state index contributed by atoms with van der Waals surface area (Å²) in [4.78, 5) is 14.5. The van der Waals surface area contributed by atoms with E-state index in [9.17, 15) is 4.79 Å². The monoisotopic (exact) mass is 276 g/mol. The van der Waals surface area contributed by atoms with E-state index in [0.29, 0.717) is 30.1 Å². The summed E-state index contributed by atoms with van der Waals surface area (Å²) in [5.74, 6) is 1.13. The van der Waals surface area contributed by atoms with Crippen LogP contribution in [0.2, 0.25) is 5.15 Å². The quantitative estimate of drug-likeness (QED) is 0.675. The molecule has 1 aromatic rings. The summed E-state index contributed by atoms with van der Waals surface area (Å²) >= 11 is 5.72. The number of aromatic nitrogens is 1. The molecule has 1 aromatic heterocycles. The van der Waals surface area contributed by atoms with Crippen molar-refractivity contribution in [1.82, 2.24) is 10.3 Å². The van der Waals surface area contributed by atoms with Gasteiger partial charge in [-0.3, -0.25) is 4.79 Å². The second-order valence-corrected chi connectivity index (χ2v) is 4.20. The number of ether oxygens (including phenoxy) is 1. The van der Waals surface area contributed by atoms with Gasteiger partial charge in [0.25, 0.3) is 0 Å². The fourth-order valence-electron chi connectivity index (χ4n) is 1.68. The van der Waals surface area contributed by atoms with Crippen LogP contribution in [0.1, 0.15) is 16.8 Å². The predicted octanol–water partition coefficient (Wildman–Crippen LogP) is 1.96. The van der Waals surface area contributed by atoms with Crippen molar-refractivity contribution in [2.45, 2.75) is 6.42 Å². The lowest BCUT2D eigenvalue weighted by Gasteiger charge is -2.10. The van der Waals surface area contributed by atoms with Crippen molar-refractivity contribution in [2.75, 3.05) is 19.7 Å². The van der Waals surface area contributed by atoms with Crippen LogP contribution >= 0.6 is 24.0 Å². The van der Waals surface area contributed by atoms with E-state index in [1.807, 2.05) is 0 Å². The Kier molecular flexibility index (Phi) is 5.68. The van der Waals surface area contributed by atoms with Crippen molar-refractivity contribution in [2.24, 2.45) is 5.92 Å². The lowest BCUT2D eigenvalue weighted by Crippen LogP contribution is -2.15. The van der Waals surface area contributed by atoms with Gasteiger partial charge in [0.05, 0.1) is 18.4 Å². The fraction of sp³-hybridized carbons (Fsp3) is 0.455. The predicted molar refractivity (Wildman–Crippen MR) is 68.4 cm³/mol. The van der Waals surface area contributed by atoms with Gasteiger partial charge in [-0.15, -0.1) is 12.4 Å². The maximum atomic E-state index is 10.7. The number of carbonyl (C=O) groups is 1. The Balaban J connectivity index is 0.00000144. The molecule has 0 amide bonds. The maximum Gasteiger partial charge on any atom is 0.153 e. The molecule has 0 bridgehead atoms. The van der Waals surface area contributed by atoms with E-state index in [-0.39, 0.29) is 17.6 Å². The molecule has 6 heteroatoms. The zero-order chi connectivity index (χ0) is 11.4. The standard InChI is InChI=1S/C11H13ClN2O2.ClH/c12-11-9(6-15)3-10(5-14-11)16-7-8-1-2-13-4-8;/h3,5-6,8,13H,1-2,4,7H2;1H/t8-;/m1./s1. The molecule has 4 nitrogen and oxygen atoms in total. The second kappa shape index (κ2) is 6.79. The van der Waals surface area contributed by atoms with Crippen LogP contribution in [-0.4, -0.2) is 31.0 Å². The molecule has 0 unspecified atom stereocenters. The van der Waals surface area contributed by atoms with Crippen molar-refractivity contribution >= 4 is 30.3 Å². The molecule has 0 aliphatic carbocycles. The maximum absolute atomic E-state index is 10.7. The van der Waals surface area contributed by atoms with Gasteiger partial charge < -0.3 is 10.1 Å². The highest BCUT2D eigenvalue weighted by molar-refractivity contribution is 6.31. The van der Waals surface area contributed by atoms with Crippen molar-refractivity contribution in [3.8, 4) is 5.75 Å². The summed E-state index contributed by atoms with van der Waals surface area (Å²) in [6.45, 7) is 2.68. The molecule has 1 N–H and O–H groups in total. The molecule has 0 saturated carbocycles. The van der Waals surface area contributed by atoms with E-state index in [1.165, 1.54) is 6.20 Å². The zero-order valence-electron chi connectivity index (χ0n) is 9.19. The van der Waals surface area contributed by atoms with Crippen molar-refractivity contribution in [1.29, 1.82) is 0 Å². The lowest BCUT2D eigenvalue weighted by atomic mass is 10.1. The largest absolute Gasteiger partial charge is 0.492 e. The molecule has 94 valence electrons. The number of aldehydes is 1. The highest BCUT2D eigenvalue weighted by atomic mass is 35.5. The number of pyridine rings is 1.